The Morgan fingerprint density at radius 3 is 2.93 bits per heavy atom. The van der Waals surface area contributed by atoms with Gasteiger partial charge in [-0.2, -0.15) is 5.10 Å². The number of ether oxygens (including phenoxy) is 1. The number of nitrogens with one attached hydrogen (secondary N) is 1. The van der Waals surface area contributed by atoms with Gasteiger partial charge in [-0.15, -0.1) is 0 Å². The van der Waals surface area contributed by atoms with Gasteiger partial charge in [0.1, 0.15) is 11.6 Å². The van der Waals surface area contributed by atoms with Crippen LogP contribution in [0.5, 0.6) is 5.75 Å². The Labute approximate surface area is 157 Å². The number of aromatic amines is 1. The van der Waals surface area contributed by atoms with Gasteiger partial charge < -0.3 is 9.64 Å². The summed E-state index contributed by atoms with van der Waals surface area (Å²) >= 11 is 0. The Kier molecular flexibility index (Phi) is 4.82. The molecule has 1 aliphatic rings. The molecule has 3 aromatic rings. The van der Waals surface area contributed by atoms with Crippen molar-refractivity contribution in [2.75, 3.05) is 13.7 Å². The number of nitrogens with zero attached hydrogens (tertiary/aromatic N) is 4. The van der Waals surface area contributed by atoms with E-state index in [1.54, 1.807) is 31.6 Å². The summed E-state index contributed by atoms with van der Waals surface area (Å²) in [6.45, 7) is 0.685. The second-order valence-electron chi connectivity index (χ2n) is 6.50. The van der Waals surface area contributed by atoms with Gasteiger partial charge in [-0.1, -0.05) is 12.1 Å². The van der Waals surface area contributed by atoms with Crippen molar-refractivity contribution >= 4 is 5.91 Å². The number of methoxy groups -OCH3 is 1. The molecule has 1 aromatic carbocycles. The number of benzene rings is 1. The normalized spacial score (nSPS) is 16.9. The Morgan fingerprint density at radius 2 is 2.11 bits per heavy atom. The number of hydrogen-bond acceptors (Lipinski definition) is 5. The van der Waals surface area contributed by atoms with Crippen LogP contribution in [-0.2, 0) is 0 Å². The number of amides is 1. The maximum atomic E-state index is 13.2. The fraction of sp³-hybridized carbons (Fsp3) is 0.300. The van der Waals surface area contributed by atoms with E-state index in [1.165, 1.54) is 0 Å². The molecule has 1 amide bonds. The number of para-hydroxylation sites is 1. The fourth-order valence-corrected chi connectivity index (χ4v) is 3.48. The highest BCUT2D eigenvalue weighted by atomic mass is 16.5. The van der Waals surface area contributed by atoms with Gasteiger partial charge in [0.15, 0.2) is 5.82 Å². The van der Waals surface area contributed by atoms with Gasteiger partial charge in [0.05, 0.1) is 18.7 Å². The van der Waals surface area contributed by atoms with Crippen LogP contribution in [0.25, 0.3) is 11.4 Å². The minimum atomic E-state index is -0.130. The average molecular weight is 363 g/mol. The second-order valence-corrected chi connectivity index (χ2v) is 6.50. The first-order valence-corrected chi connectivity index (χ1v) is 9.04. The number of H-pyrrole nitrogens is 1. The molecule has 1 aliphatic heterocycles. The minimum Gasteiger partial charge on any atom is -0.496 e. The molecule has 0 saturated carbocycles. The molecule has 0 spiro atoms. The van der Waals surface area contributed by atoms with Crippen LogP contribution in [0.2, 0.25) is 0 Å². The lowest BCUT2D eigenvalue weighted by atomic mass is 10.00. The molecule has 0 radical (unpaired) electrons. The van der Waals surface area contributed by atoms with Crippen LogP contribution in [-0.4, -0.2) is 44.6 Å². The largest absolute Gasteiger partial charge is 0.496 e. The number of carbonyl (C=O) groups is 1. The van der Waals surface area contributed by atoms with E-state index in [4.69, 9.17) is 4.74 Å². The van der Waals surface area contributed by atoms with Crippen molar-refractivity contribution in [3.8, 4) is 17.1 Å². The first kappa shape index (κ1) is 17.2. The third kappa shape index (κ3) is 3.40. The molecule has 4 rings (SSSR count). The topological polar surface area (TPSA) is 84.0 Å². The van der Waals surface area contributed by atoms with E-state index in [1.807, 2.05) is 29.2 Å². The van der Waals surface area contributed by atoms with Gasteiger partial charge >= 0.3 is 0 Å². The van der Waals surface area contributed by atoms with Crippen LogP contribution in [0.1, 0.15) is 41.5 Å². The molecule has 0 bridgehead atoms. The summed E-state index contributed by atoms with van der Waals surface area (Å²) in [5, 5.41) is 7.35. The maximum absolute atomic E-state index is 13.2. The molecule has 27 heavy (non-hydrogen) atoms. The van der Waals surface area contributed by atoms with Crippen molar-refractivity contribution in [3.05, 3.63) is 60.2 Å². The predicted molar refractivity (Wildman–Crippen MR) is 100 cm³/mol. The van der Waals surface area contributed by atoms with Crippen LogP contribution in [0.4, 0.5) is 0 Å². The highest BCUT2D eigenvalue weighted by Gasteiger charge is 2.32. The lowest BCUT2D eigenvalue weighted by Gasteiger charge is -2.34. The summed E-state index contributed by atoms with van der Waals surface area (Å²) in [5.41, 5.74) is 1.41. The lowest BCUT2D eigenvalue weighted by molar-refractivity contribution is 0.0597. The zero-order valence-corrected chi connectivity index (χ0v) is 15.1. The average Bonchev–Trinajstić information content (AvgIpc) is 3.24. The van der Waals surface area contributed by atoms with E-state index in [-0.39, 0.29) is 11.9 Å². The number of pyridine rings is 1. The zero-order chi connectivity index (χ0) is 18.6. The number of carbonyl (C=O) groups excluding carboxylic acids is 1. The van der Waals surface area contributed by atoms with Crippen LogP contribution >= 0.6 is 0 Å². The van der Waals surface area contributed by atoms with Gasteiger partial charge in [-0.25, -0.2) is 4.98 Å². The lowest BCUT2D eigenvalue weighted by Crippen LogP contribution is -2.39. The quantitative estimate of drug-likeness (QED) is 0.769. The molecule has 3 heterocycles. The first-order chi connectivity index (χ1) is 13.3. The Morgan fingerprint density at radius 1 is 1.22 bits per heavy atom. The van der Waals surface area contributed by atoms with E-state index in [9.17, 15) is 4.79 Å². The Hall–Kier alpha value is -3.22. The monoisotopic (exact) mass is 363 g/mol. The SMILES string of the molecule is COc1ccccc1C(=O)N1CCCCC1c1nc(-c2cccnc2)n[nH]1. The van der Waals surface area contributed by atoms with E-state index in [0.717, 1.165) is 24.8 Å². The number of likely N-dealkylation sites (tertiary alicyclic amines) is 1. The molecule has 1 unspecified atom stereocenters. The van der Waals surface area contributed by atoms with Crippen molar-refractivity contribution < 1.29 is 9.53 Å². The molecule has 7 heteroatoms. The summed E-state index contributed by atoms with van der Waals surface area (Å²) in [7, 11) is 1.58. The van der Waals surface area contributed by atoms with Crippen molar-refractivity contribution in [1.82, 2.24) is 25.1 Å². The number of piperidine rings is 1. The van der Waals surface area contributed by atoms with Crippen LogP contribution in [0, 0.1) is 0 Å². The Bertz CT molecular complexity index is 925. The number of hydrogen-bond donors (Lipinski definition) is 1. The molecule has 1 fully saturated rings. The van der Waals surface area contributed by atoms with Crippen LogP contribution in [0.3, 0.4) is 0 Å². The third-order valence-electron chi connectivity index (χ3n) is 4.84. The summed E-state index contributed by atoms with van der Waals surface area (Å²) in [4.78, 5) is 23.8. The van der Waals surface area contributed by atoms with E-state index < -0.39 is 0 Å². The summed E-state index contributed by atoms with van der Waals surface area (Å²) in [5.74, 6) is 1.84. The highest BCUT2D eigenvalue weighted by molar-refractivity contribution is 5.97. The van der Waals surface area contributed by atoms with Gasteiger partial charge in [0, 0.05) is 24.5 Å². The second kappa shape index (κ2) is 7.57. The smallest absolute Gasteiger partial charge is 0.258 e. The maximum Gasteiger partial charge on any atom is 0.258 e. The summed E-state index contributed by atoms with van der Waals surface area (Å²) in [6.07, 6.45) is 6.31. The molecular formula is C20H21N5O2. The molecule has 7 nitrogen and oxygen atoms in total. The zero-order valence-electron chi connectivity index (χ0n) is 15.1. The van der Waals surface area contributed by atoms with E-state index in [2.05, 4.69) is 20.2 Å². The third-order valence-corrected chi connectivity index (χ3v) is 4.84. The Balaban J connectivity index is 1.63. The van der Waals surface area contributed by atoms with Gasteiger partial charge in [-0.05, 0) is 43.5 Å². The number of aromatic nitrogens is 4. The molecule has 0 aliphatic carbocycles. The molecule has 2 aromatic heterocycles. The van der Waals surface area contributed by atoms with E-state index >= 15 is 0 Å². The van der Waals surface area contributed by atoms with Gasteiger partial charge in [0.2, 0.25) is 0 Å². The predicted octanol–water partition coefficient (Wildman–Crippen LogP) is 3.24. The van der Waals surface area contributed by atoms with Gasteiger partial charge in [-0.3, -0.25) is 14.9 Å². The van der Waals surface area contributed by atoms with Crippen molar-refractivity contribution in [3.63, 3.8) is 0 Å². The highest BCUT2D eigenvalue weighted by Crippen LogP contribution is 2.32. The molecule has 138 valence electrons. The summed E-state index contributed by atoms with van der Waals surface area (Å²) < 4.78 is 5.37. The van der Waals surface area contributed by atoms with Crippen molar-refractivity contribution in [1.29, 1.82) is 0 Å². The summed E-state index contributed by atoms with van der Waals surface area (Å²) in [6, 6.07) is 11.0. The minimum absolute atomic E-state index is 0.0449. The number of rotatable bonds is 4. The molecule has 1 saturated heterocycles. The van der Waals surface area contributed by atoms with Gasteiger partial charge in [0.25, 0.3) is 5.91 Å². The van der Waals surface area contributed by atoms with Crippen LogP contribution < -0.4 is 4.74 Å². The standard InChI is InChI=1S/C20H21N5O2/c1-27-17-10-3-2-8-15(17)20(26)25-12-5-4-9-16(25)19-22-18(23-24-19)14-7-6-11-21-13-14/h2-3,6-8,10-11,13,16H,4-5,9,12H2,1H3,(H,22,23,24). The van der Waals surface area contributed by atoms with Crippen molar-refractivity contribution in [2.24, 2.45) is 0 Å². The van der Waals surface area contributed by atoms with Crippen molar-refractivity contribution in [2.45, 2.75) is 25.3 Å². The van der Waals surface area contributed by atoms with E-state index in [0.29, 0.717) is 29.5 Å². The first-order valence-electron chi connectivity index (χ1n) is 9.04. The fourth-order valence-electron chi connectivity index (χ4n) is 3.48. The molecule has 1 atom stereocenters. The molecule has 1 N–H and O–H groups in total. The molecular weight excluding hydrogens is 342 g/mol. The van der Waals surface area contributed by atoms with Crippen LogP contribution in [0.15, 0.2) is 48.8 Å².